The van der Waals surface area contributed by atoms with Gasteiger partial charge in [-0.1, -0.05) is 13.8 Å². The van der Waals surface area contributed by atoms with E-state index < -0.39 is 0 Å². The summed E-state index contributed by atoms with van der Waals surface area (Å²) in [6, 6.07) is 3.62. The summed E-state index contributed by atoms with van der Waals surface area (Å²) in [5.74, 6) is 0.992. The quantitative estimate of drug-likeness (QED) is 0.802. The molecule has 1 unspecified atom stereocenters. The van der Waals surface area contributed by atoms with E-state index in [9.17, 15) is 4.79 Å². The van der Waals surface area contributed by atoms with E-state index >= 15 is 0 Å². The van der Waals surface area contributed by atoms with Gasteiger partial charge in [-0.25, -0.2) is 4.98 Å². The van der Waals surface area contributed by atoms with E-state index in [1.165, 1.54) is 11.3 Å². The summed E-state index contributed by atoms with van der Waals surface area (Å²) in [5, 5.41) is 3.68. The van der Waals surface area contributed by atoms with Crippen LogP contribution in [0, 0.1) is 12.8 Å². The summed E-state index contributed by atoms with van der Waals surface area (Å²) in [6.07, 6.45) is 2.45. The molecule has 0 radical (unpaired) electrons. The molecule has 2 rings (SSSR count). The van der Waals surface area contributed by atoms with Gasteiger partial charge < -0.3 is 15.5 Å². The molecule has 2 aromatic heterocycles. The first-order chi connectivity index (χ1) is 10.0. The Morgan fingerprint density at radius 2 is 2.13 bits per heavy atom. The molecule has 5 nitrogen and oxygen atoms in total. The number of nitrogens with zero attached hydrogens (tertiary/aromatic N) is 1. The highest BCUT2D eigenvalue weighted by Gasteiger charge is 2.20. The van der Waals surface area contributed by atoms with Gasteiger partial charge in [0.2, 0.25) is 0 Å². The number of carbonyl (C=O) groups excluding carboxylic acids is 1. The Morgan fingerprint density at radius 1 is 1.43 bits per heavy atom. The van der Waals surface area contributed by atoms with Crippen molar-refractivity contribution in [2.24, 2.45) is 11.7 Å². The molecule has 0 aliphatic carbocycles. The van der Waals surface area contributed by atoms with E-state index in [1.807, 2.05) is 13.0 Å². The average Bonchev–Trinajstić information content (AvgIpc) is 3.05. The summed E-state index contributed by atoms with van der Waals surface area (Å²) < 4.78 is 5.32. The van der Waals surface area contributed by atoms with Crippen LogP contribution in [0.2, 0.25) is 0 Å². The van der Waals surface area contributed by atoms with Crippen LogP contribution in [-0.2, 0) is 0 Å². The lowest BCUT2D eigenvalue weighted by Crippen LogP contribution is -2.41. The Morgan fingerprint density at radius 3 is 2.65 bits per heavy atom. The molecule has 2 aromatic rings. The van der Waals surface area contributed by atoms with Gasteiger partial charge in [0, 0.05) is 17.5 Å². The number of hydrogen-bond acceptors (Lipinski definition) is 5. The fourth-order valence-corrected chi connectivity index (χ4v) is 3.03. The number of nitrogens with one attached hydrogen (secondary N) is 1. The van der Waals surface area contributed by atoms with Gasteiger partial charge in [-0.05, 0) is 31.4 Å². The van der Waals surface area contributed by atoms with E-state index in [4.69, 9.17) is 10.2 Å². The monoisotopic (exact) mass is 379 g/mol. The number of amides is 1. The largest absolute Gasteiger partial charge is 0.462 e. The van der Waals surface area contributed by atoms with E-state index in [1.54, 1.807) is 12.3 Å². The van der Waals surface area contributed by atoms with Gasteiger partial charge in [0.15, 0.2) is 10.8 Å². The van der Waals surface area contributed by atoms with Crippen LogP contribution < -0.4 is 11.1 Å². The zero-order valence-electron chi connectivity index (χ0n) is 13.4. The van der Waals surface area contributed by atoms with E-state index in [-0.39, 0.29) is 36.8 Å². The van der Waals surface area contributed by atoms with Crippen molar-refractivity contribution in [1.82, 2.24) is 10.3 Å². The molecule has 0 spiro atoms. The van der Waals surface area contributed by atoms with Crippen molar-refractivity contribution in [3.63, 3.8) is 0 Å². The predicted molar refractivity (Wildman–Crippen MR) is 98.8 cm³/mol. The number of carbonyl (C=O) groups is 1. The Hall–Kier alpha value is -1.08. The van der Waals surface area contributed by atoms with Crippen LogP contribution in [-0.4, -0.2) is 23.5 Å². The van der Waals surface area contributed by atoms with Crippen LogP contribution in [0.25, 0.3) is 10.8 Å². The van der Waals surface area contributed by atoms with Crippen molar-refractivity contribution in [2.45, 2.75) is 33.2 Å². The van der Waals surface area contributed by atoms with Gasteiger partial charge >= 0.3 is 0 Å². The molecule has 1 atom stereocenters. The Bertz CT molecular complexity index is 600. The Kier molecular flexibility index (Phi) is 9.46. The van der Waals surface area contributed by atoms with Gasteiger partial charge in [0.25, 0.3) is 5.91 Å². The molecular formula is C15H23Cl2N3O2S. The zero-order chi connectivity index (χ0) is 15.4. The molecule has 2 heterocycles. The third kappa shape index (κ3) is 5.80. The van der Waals surface area contributed by atoms with Crippen molar-refractivity contribution < 1.29 is 9.21 Å². The normalized spacial score (nSPS) is 11.5. The maximum atomic E-state index is 12.3. The Labute approximate surface area is 152 Å². The number of aromatic nitrogens is 1. The number of rotatable bonds is 6. The second-order valence-corrected chi connectivity index (χ2v) is 6.64. The first-order valence-corrected chi connectivity index (χ1v) is 7.85. The van der Waals surface area contributed by atoms with Crippen LogP contribution in [0.5, 0.6) is 0 Å². The number of hydrogen-bond donors (Lipinski definition) is 2. The molecule has 0 aliphatic rings. The second-order valence-electron chi connectivity index (χ2n) is 5.44. The fraction of sp³-hybridized carbons (Fsp3) is 0.467. The highest BCUT2D eigenvalue weighted by atomic mass is 35.5. The molecule has 0 saturated heterocycles. The van der Waals surface area contributed by atoms with Crippen LogP contribution in [0.4, 0.5) is 0 Å². The molecule has 0 saturated carbocycles. The van der Waals surface area contributed by atoms with Crippen LogP contribution in [0.15, 0.2) is 22.8 Å². The lowest BCUT2D eigenvalue weighted by Gasteiger charge is -2.18. The van der Waals surface area contributed by atoms with E-state index in [2.05, 4.69) is 24.1 Å². The molecule has 8 heteroatoms. The highest BCUT2D eigenvalue weighted by molar-refractivity contribution is 7.15. The summed E-state index contributed by atoms with van der Waals surface area (Å²) in [4.78, 5) is 17.6. The van der Waals surface area contributed by atoms with Crippen LogP contribution in [0.1, 0.15) is 35.6 Å². The van der Waals surface area contributed by atoms with Crippen LogP contribution >= 0.6 is 36.2 Å². The van der Waals surface area contributed by atoms with Gasteiger partial charge in [0.1, 0.15) is 5.69 Å². The van der Waals surface area contributed by atoms with Crippen molar-refractivity contribution in [3.8, 4) is 10.8 Å². The minimum absolute atomic E-state index is 0. The molecule has 23 heavy (non-hydrogen) atoms. The highest BCUT2D eigenvalue weighted by Crippen LogP contribution is 2.27. The van der Waals surface area contributed by atoms with E-state index in [0.29, 0.717) is 23.9 Å². The molecule has 0 aromatic carbocycles. The predicted octanol–water partition coefficient (Wildman–Crippen LogP) is 3.66. The third-order valence-corrected chi connectivity index (χ3v) is 4.10. The fourth-order valence-electron chi connectivity index (χ4n) is 2.15. The van der Waals surface area contributed by atoms with Crippen molar-refractivity contribution in [2.75, 3.05) is 6.54 Å². The van der Waals surface area contributed by atoms with Gasteiger partial charge in [0.05, 0.1) is 6.26 Å². The number of aryl methyl sites for hydroxylation is 1. The van der Waals surface area contributed by atoms with Gasteiger partial charge in [-0.2, -0.15) is 0 Å². The number of halogens is 2. The van der Waals surface area contributed by atoms with Crippen LogP contribution in [0.3, 0.4) is 0 Å². The first-order valence-electron chi connectivity index (χ1n) is 7.03. The molecule has 0 aliphatic heterocycles. The van der Waals surface area contributed by atoms with Crippen molar-refractivity contribution in [1.29, 1.82) is 0 Å². The number of thiazole rings is 1. The molecule has 0 bridgehead atoms. The third-order valence-electron chi connectivity index (χ3n) is 3.12. The summed E-state index contributed by atoms with van der Waals surface area (Å²) in [6.45, 7) is 6.53. The molecule has 1 amide bonds. The number of nitrogens with two attached hydrogens (primary N) is 1. The first kappa shape index (κ1) is 21.9. The Balaban J connectivity index is 0.00000242. The second kappa shape index (κ2) is 9.93. The summed E-state index contributed by atoms with van der Waals surface area (Å²) in [7, 11) is 0. The maximum Gasteiger partial charge on any atom is 0.271 e. The summed E-state index contributed by atoms with van der Waals surface area (Å²) in [5.41, 5.74) is 6.17. The smallest absolute Gasteiger partial charge is 0.271 e. The standard InChI is InChI=1S/C15H21N3O2S.2ClH/c1-9(2)7-11(8-16)17-14(19)13-10(3)21-15(18-13)12-5-4-6-20-12;;/h4-6,9,11H,7-8,16H2,1-3H3,(H,17,19);2*1H. The molecule has 3 N–H and O–H groups in total. The van der Waals surface area contributed by atoms with Gasteiger partial charge in [-0.15, -0.1) is 36.2 Å². The molecule has 0 fully saturated rings. The maximum absolute atomic E-state index is 12.3. The van der Waals surface area contributed by atoms with Crippen molar-refractivity contribution in [3.05, 3.63) is 29.0 Å². The summed E-state index contributed by atoms with van der Waals surface area (Å²) >= 11 is 1.45. The molecular weight excluding hydrogens is 357 g/mol. The van der Waals surface area contributed by atoms with Gasteiger partial charge in [-0.3, -0.25) is 4.79 Å². The van der Waals surface area contributed by atoms with E-state index in [0.717, 1.165) is 16.3 Å². The lowest BCUT2D eigenvalue weighted by molar-refractivity contribution is 0.0929. The van der Waals surface area contributed by atoms with Crippen molar-refractivity contribution >= 4 is 42.1 Å². The minimum Gasteiger partial charge on any atom is -0.462 e. The zero-order valence-corrected chi connectivity index (χ0v) is 15.8. The minimum atomic E-state index is -0.169. The number of furan rings is 1. The topological polar surface area (TPSA) is 81.2 Å². The SMILES string of the molecule is Cc1sc(-c2ccco2)nc1C(=O)NC(CN)CC(C)C.Cl.Cl. The average molecular weight is 380 g/mol. The molecule has 130 valence electrons. The lowest BCUT2D eigenvalue weighted by atomic mass is 10.0.